The molecule has 4 rings (SSSR count). The standard InChI is InChI=1S/C32H32ClN3O5S/c1-4-40-31-18-26(13-17-30(31)41-22-25-8-6-5-7-9-25)20-34-35-32(37)21-36(29-19-27(33)14-12-24(29)3)42(38,39)28-15-10-23(2)11-16-28/h5-20H,4,21-22H2,1-3H3,(H,35,37)/b34-20-. The van der Waals surface area contributed by atoms with Gasteiger partial charge >= 0.3 is 0 Å². The van der Waals surface area contributed by atoms with Crippen molar-refractivity contribution in [3.8, 4) is 11.5 Å². The minimum absolute atomic E-state index is 0.0572. The van der Waals surface area contributed by atoms with Gasteiger partial charge in [0.15, 0.2) is 11.5 Å². The van der Waals surface area contributed by atoms with Gasteiger partial charge in [0, 0.05) is 5.02 Å². The molecule has 1 amide bonds. The number of benzene rings is 4. The van der Waals surface area contributed by atoms with Gasteiger partial charge in [0.2, 0.25) is 0 Å². The summed E-state index contributed by atoms with van der Waals surface area (Å²) in [4.78, 5) is 13.0. The van der Waals surface area contributed by atoms with Crippen molar-refractivity contribution in [3.05, 3.63) is 118 Å². The van der Waals surface area contributed by atoms with Gasteiger partial charge in [-0.15, -0.1) is 0 Å². The van der Waals surface area contributed by atoms with E-state index in [1.54, 1.807) is 49.4 Å². The molecule has 0 aliphatic carbocycles. The SMILES string of the molecule is CCOc1cc(/C=N\NC(=O)CN(c2cc(Cl)ccc2C)S(=O)(=O)c2ccc(C)cc2)ccc1OCc1ccccc1. The smallest absolute Gasteiger partial charge is 0.264 e. The van der Waals surface area contributed by atoms with Crippen LogP contribution >= 0.6 is 11.6 Å². The molecule has 218 valence electrons. The van der Waals surface area contributed by atoms with Crippen molar-refractivity contribution >= 4 is 39.4 Å². The van der Waals surface area contributed by atoms with Gasteiger partial charge in [-0.05, 0) is 79.9 Å². The summed E-state index contributed by atoms with van der Waals surface area (Å²) in [7, 11) is -4.09. The average Bonchev–Trinajstić information content (AvgIpc) is 2.98. The number of ether oxygens (including phenoxy) is 2. The van der Waals surface area contributed by atoms with Crippen LogP contribution in [0.1, 0.15) is 29.2 Å². The Morgan fingerprint density at radius 2 is 1.67 bits per heavy atom. The molecule has 0 heterocycles. The summed E-state index contributed by atoms with van der Waals surface area (Å²) in [6.45, 7) is 5.81. The van der Waals surface area contributed by atoms with Gasteiger partial charge in [-0.25, -0.2) is 13.8 Å². The van der Waals surface area contributed by atoms with Crippen LogP contribution in [0.4, 0.5) is 5.69 Å². The molecule has 0 aliphatic heterocycles. The number of hydrogen-bond donors (Lipinski definition) is 1. The van der Waals surface area contributed by atoms with Crippen LogP contribution in [0.2, 0.25) is 5.02 Å². The van der Waals surface area contributed by atoms with E-state index in [9.17, 15) is 13.2 Å². The number of nitrogens with one attached hydrogen (secondary N) is 1. The lowest BCUT2D eigenvalue weighted by Crippen LogP contribution is -2.40. The van der Waals surface area contributed by atoms with Crippen LogP contribution in [-0.2, 0) is 21.4 Å². The number of nitrogens with zero attached hydrogens (tertiary/aromatic N) is 2. The second-order valence-corrected chi connectivity index (χ2v) is 11.8. The first kappa shape index (κ1) is 30.6. The summed E-state index contributed by atoms with van der Waals surface area (Å²) in [5.41, 5.74) is 5.97. The van der Waals surface area contributed by atoms with Crippen molar-refractivity contribution in [1.82, 2.24) is 5.43 Å². The minimum atomic E-state index is -4.09. The van der Waals surface area contributed by atoms with Gasteiger partial charge < -0.3 is 9.47 Å². The number of aryl methyl sites for hydroxylation is 2. The molecule has 0 unspecified atom stereocenters. The fourth-order valence-electron chi connectivity index (χ4n) is 4.06. The van der Waals surface area contributed by atoms with E-state index in [-0.39, 0.29) is 4.90 Å². The van der Waals surface area contributed by atoms with Crippen LogP contribution in [-0.4, -0.2) is 33.7 Å². The lowest BCUT2D eigenvalue weighted by Gasteiger charge is -2.25. The lowest BCUT2D eigenvalue weighted by molar-refractivity contribution is -0.119. The van der Waals surface area contributed by atoms with Gasteiger partial charge in [0.25, 0.3) is 15.9 Å². The molecule has 42 heavy (non-hydrogen) atoms. The van der Waals surface area contributed by atoms with E-state index < -0.39 is 22.5 Å². The Balaban J connectivity index is 1.50. The molecule has 0 fully saturated rings. The van der Waals surface area contributed by atoms with Gasteiger partial charge in [-0.3, -0.25) is 9.10 Å². The highest BCUT2D eigenvalue weighted by molar-refractivity contribution is 7.92. The van der Waals surface area contributed by atoms with E-state index in [4.69, 9.17) is 21.1 Å². The number of halogens is 1. The predicted molar refractivity (Wildman–Crippen MR) is 166 cm³/mol. The zero-order valence-electron chi connectivity index (χ0n) is 23.6. The normalized spacial score (nSPS) is 11.3. The number of hydrazone groups is 1. The highest BCUT2D eigenvalue weighted by atomic mass is 35.5. The van der Waals surface area contributed by atoms with Gasteiger partial charge in [0.1, 0.15) is 13.2 Å². The number of rotatable bonds is 12. The lowest BCUT2D eigenvalue weighted by atomic mass is 10.2. The maximum Gasteiger partial charge on any atom is 0.264 e. The van der Waals surface area contributed by atoms with Crippen LogP contribution in [0.25, 0.3) is 0 Å². The second-order valence-electron chi connectivity index (χ2n) is 9.46. The molecular weight excluding hydrogens is 574 g/mol. The molecule has 0 spiro atoms. The summed E-state index contributed by atoms with van der Waals surface area (Å²) in [5, 5.41) is 4.40. The maximum absolute atomic E-state index is 13.7. The van der Waals surface area contributed by atoms with E-state index in [1.807, 2.05) is 44.2 Å². The molecule has 0 aromatic heterocycles. The van der Waals surface area contributed by atoms with E-state index in [0.29, 0.717) is 46.5 Å². The van der Waals surface area contributed by atoms with E-state index >= 15 is 0 Å². The van der Waals surface area contributed by atoms with Crippen molar-refractivity contribution in [2.24, 2.45) is 5.10 Å². The molecule has 1 N–H and O–H groups in total. The summed E-state index contributed by atoms with van der Waals surface area (Å²) in [6.07, 6.45) is 1.45. The van der Waals surface area contributed by atoms with Crippen LogP contribution in [0.3, 0.4) is 0 Å². The molecule has 0 saturated heterocycles. The fourth-order valence-corrected chi connectivity index (χ4v) is 5.70. The fraction of sp³-hybridized carbons (Fsp3) is 0.188. The third-order valence-corrected chi connectivity index (χ3v) is 8.25. The van der Waals surface area contributed by atoms with Crippen molar-refractivity contribution in [2.75, 3.05) is 17.5 Å². The highest BCUT2D eigenvalue weighted by Gasteiger charge is 2.28. The second kappa shape index (κ2) is 14.0. The van der Waals surface area contributed by atoms with Crippen molar-refractivity contribution in [3.63, 3.8) is 0 Å². The molecule has 0 bridgehead atoms. The van der Waals surface area contributed by atoms with Crippen molar-refractivity contribution < 1.29 is 22.7 Å². The van der Waals surface area contributed by atoms with E-state index in [1.165, 1.54) is 24.4 Å². The van der Waals surface area contributed by atoms with Crippen molar-refractivity contribution in [2.45, 2.75) is 32.3 Å². The van der Waals surface area contributed by atoms with Crippen LogP contribution in [0.5, 0.6) is 11.5 Å². The number of amides is 1. The largest absolute Gasteiger partial charge is 0.490 e. The monoisotopic (exact) mass is 605 g/mol. The highest BCUT2D eigenvalue weighted by Crippen LogP contribution is 2.30. The Hall–Kier alpha value is -4.34. The maximum atomic E-state index is 13.7. The third-order valence-electron chi connectivity index (χ3n) is 6.24. The molecular formula is C32H32ClN3O5S. The predicted octanol–water partition coefficient (Wildman–Crippen LogP) is 6.28. The van der Waals surface area contributed by atoms with Crippen LogP contribution in [0, 0.1) is 13.8 Å². The summed E-state index contributed by atoms with van der Waals surface area (Å²) in [5.74, 6) is 0.486. The molecule has 0 radical (unpaired) electrons. The molecule has 8 nitrogen and oxygen atoms in total. The number of carbonyl (C=O) groups excluding carboxylic acids is 1. The van der Waals surface area contributed by atoms with Crippen LogP contribution in [0.15, 0.2) is 101 Å². The molecule has 0 aliphatic rings. The topological polar surface area (TPSA) is 97.3 Å². The number of sulfonamides is 1. The number of hydrogen-bond acceptors (Lipinski definition) is 6. The average molecular weight is 606 g/mol. The number of anilines is 1. The molecule has 4 aromatic rings. The summed E-state index contributed by atoms with van der Waals surface area (Å²) >= 11 is 6.20. The minimum Gasteiger partial charge on any atom is -0.490 e. The Morgan fingerprint density at radius 3 is 2.38 bits per heavy atom. The summed E-state index contributed by atoms with van der Waals surface area (Å²) < 4.78 is 40.0. The first-order valence-electron chi connectivity index (χ1n) is 13.3. The van der Waals surface area contributed by atoms with Gasteiger partial charge in [-0.1, -0.05) is 65.7 Å². The molecule has 0 atom stereocenters. The van der Waals surface area contributed by atoms with E-state index in [0.717, 1.165) is 15.4 Å². The Kier molecular flexibility index (Phi) is 10.2. The van der Waals surface area contributed by atoms with Crippen molar-refractivity contribution in [1.29, 1.82) is 0 Å². The van der Waals surface area contributed by atoms with Gasteiger partial charge in [0.05, 0.1) is 23.4 Å². The number of carbonyl (C=O) groups is 1. The van der Waals surface area contributed by atoms with E-state index in [2.05, 4.69) is 10.5 Å². The Bertz CT molecular complexity index is 1660. The third kappa shape index (κ3) is 7.90. The Morgan fingerprint density at radius 1 is 0.929 bits per heavy atom. The summed E-state index contributed by atoms with van der Waals surface area (Å²) in [6, 6.07) is 26.4. The van der Waals surface area contributed by atoms with Gasteiger partial charge in [-0.2, -0.15) is 5.10 Å². The van der Waals surface area contributed by atoms with Crippen LogP contribution < -0.4 is 19.2 Å². The zero-order valence-corrected chi connectivity index (χ0v) is 25.2. The molecule has 0 saturated carbocycles. The first-order valence-corrected chi connectivity index (χ1v) is 15.1. The molecule has 4 aromatic carbocycles. The quantitative estimate of drug-likeness (QED) is 0.151. The zero-order chi connectivity index (χ0) is 30.1. The Labute approximate surface area is 251 Å². The first-order chi connectivity index (χ1) is 20.2. The molecule has 10 heteroatoms.